The lowest BCUT2D eigenvalue weighted by Crippen LogP contribution is -2.47. The molecule has 0 spiro atoms. The normalized spacial score (nSPS) is 21.6. The smallest absolute Gasteiger partial charge is 0.192 e. The number of carbonyl (C=O) groups excluding carboxylic acids is 1. The number of carbonyl (C=O) groups is 1. The summed E-state index contributed by atoms with van der Waals surface area (Å²) in [4.78, 5) is 12.3. The number of rotatable bonds is 5. The molecule has 0 bridgehead atoms. The quantitative estimate of drug-likeness (QED) is 0.653. The molecule has 0 radical (unpaired) electrons. The number of hydrogen-bond donors (Lipinski definition) is 0. The lowest BCUT2D eigenvalue weighted by molar-refractivity contribution is -0.131. The molecule has 0 N–H and O–H groups in total. The summed E-state index contributed by atoms with van der Waals surface area (Å²) in [6.45, 7) is 15.8. The zero-order valence-electron chi connectivity index (χ0n) is 14.6. The van der Waals surface area contributed by atoms with Gasteiger partial charge in [0.1, 0.15) is 5.78 Å². The second-order valence-corrected chi connectivity index (χ2v) is 13.2. The molecule has 1 fully saturated rings. The molecular formula is C17H34O2Si. The molecule has 0 aromatic carbocycles. The molecule has 0 aromatic rings. The summed E-state index contributed by atoms with van der Waals surface area (Å²) in [5.74, 6) is 0.821. The first kappa shape index (κ1) is 17.9. The van der Waals surface area contributed by atoms with Gasteiger partial charge in [-0.25, -0.2) is 0 Å². The Labute approximate surface area is 126 Å². The van der Waals surface area contributed by atoms with Gasteiger partial charge in [-0.15, -0.1) is 0 Å². The summed E-state index contributed by atoms with van der Waals surface area (Å²) in [6, 6.07) is 0. The highest BCUT2D eigenvalue weighted by molar-refractivity contribution is 6.74. The molecule has 1 rings (SSSR count). The summed E-state index contributed by atoms with van der Waals surface area (Å²) < 4.78 is 6.39. The summed E-state index contributed by atoms with van der Waals surface area (Å²) in [5, 5.41) is 0.206. The fourth-order valence-electron chi connectivity index (χ4n) is 2.79. The summed E-state index contributed by atoms with van der Waals surface area (Å²) in [7, 11) is -1.78. The third-order valence-corrected chi connectivity index (χ3v) is 10.3. The topological polar surface area (TPSA) is 26.3 Å². The molecule has 2 nitrogen and oxygen atoms in total. The van der Waals surface area contributed by atoms with Gasteiger partial charge in [0.05, 0.1) is 5.41 Å². The Hall–Kier alpha value is -0.153. The molecule has 1 aliphatic rings. The van der Waals surface area contributed by atoms with E-state index in [-0.39, 0.29) is 10.5 Å². The summed E-state index contributed by atoms with van der Waals surface area (Å²) >= 11 is 0. The molecule has 0 heterocycles. The minimum absolute atomic E-state index is 0.206. The van der Waals surface area contributed by atoms with E-state index in [0.29, 0.717) is 18.3 Å². The predicted octanol–water partition coefficient (Wildman–Crippen LogP) is 5.18. The van der Waals surface area contributed by atoms with E-state index in [1.165, 1.54) is 32.1 Å². The summed E-state index contributed by atoms with van der Waals surface area (Å²) in [5.41, 5.74) is -0.282. The highest BCUT2D eigenvalue weighted by Crippen LogP contribution is 2.42. The monoisotopic (exact) mass is 298 g/mol. The molecule has 0 amide bonds. The second kappa shape index (κ2) is 6.31. The van der Waals surface area contributed by atoms with Crippen LogP contribution in [0.5, 0.6) is 0 Å². The van der Waals surface area contributed by atoms with Gasteiger partial charge in [-0.1, -0.05) is 47.0 Å². The number of Topliss-reactive ketones (excluding diaryl/α,β-unsaturated/α-hetero) is 1. The van der Waals surface area contributed by atoms with Gasteiger partial charge in [-0.3, -0.25) is 4.79 Å². The van der Waals surface area contributed by atoms with Crippen LogP contribution in [0.4, 0.5) is 0 Å². The van der Waals surface area contributed by atoms with Crippen LogP contribution in [0.2, 0.25) is 18.1 Å². The lowest BCUT2D eigenvalue weighted by Gasteiger charge is -2.43. The van der Waals surface area contributed by atoms with Crippen LogP contribution in [0.15, 0.2) is 0 Å². The van der Waals surface area contributed by atoms with Gasteiger partial charge in [-0.05, 0) is 43.8 Å². The van der Waals surface area contributed by atoms with Crippen molar-refractivity contribution in [2.75, 3.05) is 6.61 Å². The van der Waals surface area contributed by atoms with Crippen molar-refractivity contribution in [3.8, 4) is 0 Å². The van der Waals surface area contributed by atoms with Crippen LogP contribution in [0.25, 0.3) is 0 Å². The Morgan fingerprint density at radius 1 is 1.10 bits per heavy atom. The number of ketones is 1. The highest BCUT2D eigenvalue weighted by Gasteiger charge is 2.43. The van der Waals surface area contributed by atoms with Crippen molar-refractivity contribution < 1.29 is 9.22 Å². The molecule has 1 saturated carbocycles. The third-order valence-electron chi connectivity index (χ3n) is 5.85. The standard InChI is InChI=1S/C17H34O2Si/c1-14(18)17(5,15-11-9-8-10-12-15)13-19-20(6,7)16(2,3)4/h15H,8-13H2,1-7H3/t17-/m1/s1. The first-order chi connectivity index (χ1) is 9.01. The van der Waals surface area contributed by atoms with Crippen LogP contribution < -0.4 is 0 Å². The van der Waals surface area contributed by atoms with Gasteiger partial charge >= 0.3 is 0 Å². The van der Waals surface area contributed by atoms with Crippen LogP contribution in [0, 0.1) is 11.3 Å². The molecule has 0 aliphatic heterocycles. The van der Waals surface area contributed by atoms with E-state index in [9.17, 15) is 4.79 Å². The van der Waals surface area contributed by atoms with Gasteiger partial charge < -0.3 is 4.43 Å². The van der Waals surface area contributed by atoms with E-state index >= 15 is 0 Å². The minimum Gasteiger partial charge on any atom is -0.416 e. The van der Waals surface area contributed by atoms with E-state index in [2.05, 4.69) is 40.8 Å². The number of hydrogen-bond acceptors (Lipinski definition) is 2. The molecule has 118 valence electrons. The van der Waals surface area contributed by atoms with Crippen LogP contribution in [-0.4, -0.2) is 20.7 Å². The van der Waals surface area contributed by atoms with E-state index < -0.39 is 8.32 Å². The van der Waals surface area contributed by atoms with Crippen LogP contribution in [-0.2, 0) is 9.22 Å². The zero-order chi connectivity index (χ0) is 15.6. The Kier molecular flexibility index (Phi) is 5.65. The lowest BCUT2D eigenvalue weighted by atomic mass is 9.68. The van der Waals surface area contributed by atoms with Crippen LogP contribution >= 0.6 is 0 Å². The van der Waals surface area contributed by atoms with Crippen molar-refractivity contribution in [1.29, 1.82) is 0 Å². The van der Waals surface area contributed by atoms with Crippen molar-refractivity contribution in [2.45, 2.75) is 84.9 Å². The van der Waals surface area contributed by atoms with Crippen molar-refractivity contribution in [3.63, 3.8) is 0 Å². The molecule has 0 aromatic heterocycles. The van der Waals surface area contributed by atoms with Crippen LogP contribution in [0.3, 0.4) is 0 Å². The molecule has 3 heteroatoms. The molecule has 20 heavy (non-hydrogen) atoms. The maximum Gasteiger partial charge on any atom is 0.192 e. The summed E-state index contributed by atoms with van der Waals surface area (Å²) in [6.07, 6.45) is 6.25. The van der Waals surface area contributed by atoms with Crippen molar-refractivity contribution in [3.05, 3.63) is 0 Å². The van der Waals surface area contributed by atoms with E-state index in [0.717, 1.165) is 0 Å². The van der Waals surface area contributed by atoms with Crippen molar-refractivity contribution in [1.82, 2.24) is 0 Å². The molecular weight excluding hydrogens is 264 g/mol. The average molecular weight is 299 g/mol. The zero-order valence-corrected chi connectivity index (χ0v) is 15.6. The fraction of sp³-hybridized carbons (Fsp3) is 0.941. The highest BCUT2D eigenvalue weighted by atomic mass is 28.4. The van der Waals surface area contributed by atoms with Crippen LogP contribution in [0.1, 0.15) is 66.7 Å². The fourth-order valence-corrected chi connectivity index (χ4v) is 3.89. The van der Waals surface area contributed by atoms with Gasteiger partial charge in [0, 0.05) is 6.61 Å². The molecule has 1 atom stereocenters. The Balaban J connectivity index is 2.80. The second-order valence-electron chi connectivity index (χ2n) is 8.36. The first-order valence-electron chi connectivity index (χ1n) is 8.16. The first-order valence-corrected chi connectivity index (χ1v) is 11.1. The maximum absolute atomic E-state index is 12.3. The van der Waals surface area contributed by atoms with E-state index in [1.807, 2.05) is 0 Å². The molecule has 1 aliphatic carbocycles. The third kappa shape index (κ3) is 3.94. The predicted molar refractivity (Wildman–Crippen MR) is 88.5 cm³/mol. The SMILES string of the molecule is CC(=O)[C@@](C)(CO[Si](C)(C)C(C)(C)C)C1CCCCC1. The molecule has 0 unspecified atom stereocenters. The maximum atomic E-state index is 12.3. The Morgan fingerprint density at radius 3 is 2.00 bits per heavy atom. The van der Waals surface area contributed by atoms with Crippen molar-refractivity contribution >= 4 is 14.1 Å². The molecule has 0 saturated heterocycles. The van der Waals surface area contributed by atoms with E-state index in [1.54, 1.807) is 6.92 Å². The Bertz CT molecular complexity index is 337. The van der Waals surface area contributed by atoms with Gasteiger partial charge in [0.25, 0.3) is 0 Å². The van der Waals surface area contributed by atoms with Gasteiger partial charge in [0.15, 0.2) is 8.32 Å². The van der Waals surface area contributed by atoms with Crippen molar-refractivity contribution in [2.24, 2.45) is 11.3 Å². The average Bonchev–Trinajstić information content (AvgIpc) is 2.35. The van der Waals surface area contributed by atoms with Gasteiger partial charge in [0.2, 0.25) is 0 Å². The van der Waals surface area contributed by atoms with E-state index in [4.69, 9.17) is 4.43 Å². The largest absolute Gasteiger partial charge is 0.416 e. The Morgan fingerprint density at radius 2 is 1.60 bits per heavy atom. The van der Waals surface area contributed by atoms with Gasteiger partial charge in [-0.2, -0.15) is 0 Å². The minimum atomic E-state index is -1.78.